The Labute approximate surface area is 216 Å². The fraction of sp³-hybridized carbons (Fsp3) is 0.429. The van der Waals surface area contributed by atoms with Crippen molar-refractivity contribution in [3.63, 3.8) is 0 Å². The molecule has 196 valence electrons. The molecule has 2 fully saturated rings. The topological polar surface area (TPSA) is 116 Å². The molecule has 0 bridgehead atoms. The third kappa shape index (κ3) is 5.03. The Hall–Kier alpha value is -3.88. The van der Waals surface area contributed by atoms with Gasteiger partial charge in [0.05, 0.1) is 18.2 Å². The molecule has 4 amide bonds. The second-order valence-electron chi connectivity index (χ2n) is 9.85. The summed E-state index contributed by atoms with van der Waals surface area (Å²) in [6.45, 7) is 1.67. The zero-order chi connectivity index (χ0) is 26.7. The minimum Gasteiger partial charge on any atom is -0.497 e. The summed E-state index contributed by atoms with van der Waals surface area (Å²) >= 11 is 0. The number of methoxy groups -OCH3 is 1. The minimum absolute atomic E-state index is 0.0677. The van der Waals surface area contributed by atoms with Gasteiger partial charge in [-0.05, 0) is 55.2 Å². The third-order valence-corrected chi connectivity index (χ3v) is 7.67. The number of hydrogen-bond donors (Lipinski definition) is 2. The van der Waals surface area contributed by atoms with Crippen molar-refractivity contribution in [2.75, 3.05) is 19.1 Å². The average molecular weight is 508 g/mol. The molecule has 2 N–H and O–H groups in total. The molecule has 4 rings (SSSR count). The number of anilines is 1. The summed E-state index contributed by atoms with van der Waals surface area (Å²) in [5.74, 6) is -1.03. The van der Waals surface area contributed by atoms with Crippen molar-refractivity contribution in [1.82, 2.24) is 10.2 Å². The number of ether oxygens (including phenoxy) is 1. The van der Waals surface area contributed by atoms with Gasteiger partial charge in [0.15, 0.2) is 0 Å². The number of imide groups is 1. The van der Waals surface area contributed by atoms with Crippen LogP contribution in [-0.2, 0) is 26.2 Å². The molecular weight excluding hydrogens is 474 g/mol. The summed E-state index contributed by atoms with van der Waals surface area (Å²) < 4.78 is 5.25. The number of carbonyl (C=O) groups excluding carboxylic acids is 3. The second kappa shape index (κ2) is 10.6. The van der Waals surface area contributed by atoms with E-state index in [1.807, 2.05) is 24.3 Å². The number of carboxylic acid groups (broad SMARTS) is 1. The first-order valence-corrected chi connectivity index (χ1v) is 12.6. The van der Waals surface area contributed by atoms with Gasteiger partial charge in [-0.2, -0.15) is 0 Å². The zero-order valence-corrected chi connectivity index (χ0v) is 21.4. The summed E-state index contributed by atoms with van der Waals surface area (Å²) in [7, 11) is 3.16. The Morgan fingerprint density at radius 3 is 2.19 bits per heavy atom. The molecule has 9 nitrogen and oxygen atoms in total. The number of urea groups is 1. The van der Waals surface area contributed by atoms with E-state index in [9.17, 15) is 24.3 Å². The summed E-state index contributed by atoms with van der Waals surface area (Å²) in [6, 6.07) is 11.9. The van der Waals surface area contributed by atoms with Gasteiger partial charge < -0.3 is 20.1 Å². The fourth-order valence-electron chi connectivity index (χ4n) is 5.23. The highest BCUT2D eigenvalue weighted by molar-refractivity contribution is 6.21. The Bertz CT molecular complexity index is 1150. The van der Waals surface area contributed by atoms with Crippen LogP contribution in [0, 0.1) is 0 Å². The SMILES string of the molecule is COc1ccc(C2(C(=O)N[C@@H](Cc3ccc(N4C(=O)[C@H](C)N(C)C4=O)cc3)C(=O)O)CCCCC2)cc1. The third-order valence-electron chi connectivity index (χ3n) is 7.67. The van der Waals surface area contributed by atoms with Crippen molar-refractivity contribution in [2.24, 2.45) is 0 Å². The number of likely N-dealkylation sites (N-methyl/N-ethyl adjacent to an activating group) is 1. The molecule has 1 saturated heterocycles. The number of hydrogen-bond acceptors (Lipinski definition) is 5. The number of nitrogens with zero attached hydrogens (tertiary/aromatic N) is 2. The molecule has 2 aromatic rings. The number of carboxylic acids is 1. The highest BCUT2D eigenvalue weighted by Gasteiger charge is 2.43. The molecule has 0 aromatic heterocycles. The van der Waals surface area contributed by atoms with Gasteiger partial charge in [-0.15, -0.1) is 0 Å². The summed E-state index contributed by atoms with van der Waals surface area (Å²) in [6.07, 6.45) is 4.18. The lowest BCUT2D eigenvalue weighted by Gasteiger charge is -2.37. The van der Waals surface area contributed by atoms with E-state index in [0.717, 1.165) is 29.7 Å². The van der Waals surface area contributed by atoms with Crippen LogP contribution in [0.3, 0.4) is 0 Å². The quantitative estimate of drug-likeness (QED) is 0.529. The molecule has 0 spiro atoms. The van der Waals surface area contributed by atoms with Crippen molar-refractivity contribution >= 4 is 29.5 Å². The van der Waals surface area contributed by atoms with Gasteiger partial charge >= 0.3 is 12.0 Å². The van der Waals surface area contributed by atoms with E-state index in [4.69, 9.17) is 4.74 Å². The number of aliphatic carboxylic acids is 1. The van der Waals surface area contributed by atoms with Crippen LogP contribution in [0.15, 0.2) is 48.5 Å². The molecule has 2 aromatic carbocycles. The van der Waals surface area contributed by atoms with Gasteiger partial charge in [-0.1, -0.05) is 43.5 Å². The Kier molecular flexibility index (Phi) is 7.52. The standard InChI is InChI=1S/C28H33N3O6/c1-18-24(32)31(27(36)30(18)2)21-11-7-19(8-12-21)17-23(25(33)34)29-26(35)28(15-5-4-6-16-28)20-9-13-22(37-3)14-10-20/h7-14,18,23H,4-6,15-17H2,1-3H3,(H,29,35)(H,33,34)/t18-,23-/m0/s1. The highest BCUT2D eigenvalue weighted by Crippen LogP contribution is 2.40. The summed E-state index contributed by atoms with van der Waals surface area (Å²) in [5, 5.41) is 12.7. The predicted molar refractivity (Wildman–Crippen MR) is 138 cm³/mol. The lowest BCUT2D eigenvalue weighted by Crippen LogP contribution is -2.52. The molecule has 0 radical (unpaired) electrons. The van der Waals surface area contributed by atoms with Gasteiger partial charge in [0.25, 0.3) is 5.91 Å². The van der Waals surface area contributed by atoms with E-state index in [-0.39, 0.29) is 18.2 Å². The maximum Gasteiger partial charge on any atom is 0.331 e. The molecule has 1 aliphatic heterocycles. The molecule has 1 heterocycles. The second-order valence-corrected chi connectivity index (χ2v) is 9.85. The van der Waals surface area contributed by atoms with E-state index in [0.29, 0.717) is 29.8 Å². The molecule has 37 heavy (non-hydrogen) atoms. The van der Waals surface area contributed by atoms with Crippen molar-refractivity contribution in [2.45, 2.75) is 62.9 Å². The van der Waals surface area contributed by atoms with Crippen LogP contribution in [0.25, 0.3) is 0 Å². The van der Waals surface area contributed by atoms with Crippen LogP contribution < -0.4 is 15.0 Å². The monoisotopic (exact) mass is 507 g/mol. The van der Waals surface area contributed by atoms with Crippen LogP contribution in [0.5, 0.6) is 5.75 Å². The lowest BCUT2D eigenvalue weighted by molar-refractivity contribution is -0.143. The van der Waals surface area contributed by atoms with Crippen molar-refractivity contribution < 1.29 is 29.0 Å². The van der Waals surface area contributed by atoms with E-state index >= 15 is 0 Å². The van der Waals surface area contributed by atoms with Crippen LogP contribution in [0.4, 0.5) is 10.5 Å². The van der Waals surface area contributed by atoms with E-state index in [2.05, 4.69) is 5.32 Å². The molecule has 2 aliphatic rings. The first kappa shape index (κ1) is 26.2. The number of carbonyl (C=O) groups is 4. The van der Waals surface area contributed by atoms with E-state index in [1.54, 1.807) is 45.3 Å². The number of amides is 4. The molecule has 0 unspecified atom stereocenters. The zero-order valence-electron chi connectivity index (χ0n) is 21.4. The minimum atomic E-state index is -1.13. The van der Waals surface area contributed by atoms with Crippen molar-refractivity contribution in [3.8, 4) is 5.75 Å². The van der Waals surface area contributed by atoms with Crippen LogP contribution >= 0.6 is 0 Å². The van der Waals surface area contributed by atoms with Crippen LogP contribution in [0.1, 0.15) is 50.2 Å². The summed E-state index contributed by atoms with van der Waals surface area (Å²) in [4.78, 5) is 53.2. The first-order chi connectivity index (χ1) is 17.7. The lowest BCUT2D eigenvalue weighted by atomic mass is 9.68. The first-order valence-electron chi connectivity index (χ1n) is 12.6. The van der Waals surface area contributed by atoms with Gasteiger partial charge in [0, 0.05) is 13.5 Å². The van der Waals surface area contributed by atoms with Crippen LogP contribution in [-0.4, -0.2) is 60.1 Å². The maximum atomic E-state index is 13.6. The van der Waals surface area contributed by atoms with Gasteiger partial charge in [-0.3, -0.25) is 9.59 Å². The van der Waals surface area contributed by atoms with Crippen molar-refractivity contribution in [1.29, 1.82) is 0 Å². The molecule has 2 atom stereocenters. The van der Waals surface area contributed by atoms with E-state index < -0.39 is 29.5 Å². The van der Waals surface area contributed by atoms with Crippen molar-refractivity contribution in [3.05, 3.63) is 59.7 Å². The Morgan fingerprint density at radius 2 is 1.68 bits per heavy atom. The van der Waals surface area contributed by atoms with Gasteiger partial charge in [0.1, 0.15) is 17.8 Å². The Morgan fingerprint density at radius 1 is 1.05 bits per heavy atom. The number of rotatable bonds is 8. The smallest absolute Gasteiger partial charge is 0.331 e. The van der Waals surface area contributed by atoms with E-state index in [1.165, 1.54) is 4.90 Å². The molecule has 1 saturated carbocycles. The molecule has 9 heteroatoms. The predicted octanol–water partition coefficient (Wildman–Crippen LogP) is 3.50. The van der Waals surface area contributed by atoms with Gasteiger partial charge in [0.2, 0.25) is 5.91 Å². The largest absolute Gasteiger partial charge is 0.497 e. The number of nitrogens with one attached hydrogen (secondary N) is 1. The summed E-state index contributed by atoms with van der Waals surface area (Å²) in [5.41, 5.74) is 1.16. The normalized spacial score (nSPS) is 20.0. The molecular formula is C28H33N3O6. The van der Waals surface area contributed by atoms with Gasteiger partial charge in [-0.25, -0.2) is 14.5 Å². The highest BCUT2D eigenvalue weighted by atomic mass is 16.5. The maximum absolute atomic E-state index is 13.6. The van der Waals surface area contributed by atoms with Crippen LogP contribution in [0.2, 0.25) is 0 Å². The fourth-order valence-corrected chi connectivity index (χ4v) is 5.23. The average Bonchev–Trinajstić information content (AvgIpc) is 3.11. The Balaban J connectivity index is 1.51. The molecule has 1 aliphatic carbocycles. The number of benzene rings is 2.